The van der Waals surface area contributed by atoms with Crippen molar-refractivity contribution < 1.29 is 29.9 Å². The third-order valence-electron chi connectivity index (χ3n) is 2.25. The van der Waals surface area contributed by atoms with Crippen LogP contribution in [0.5, 0.6) is 0 Å². The monoisotopic (exact) mass is 222 g/mol. The fourth-order valence-electron chi connectivity index (χ4n) is 1.45. The first-order valence-corrected chi connectivity index (χ1v) is 4.93. The molecule has 0 amide bonds. The molecule has 90 valence electrons. The molecule has 15 heavy (non-hydrogen) atoms. The van der Waals surface area contributed by atoms with Gasteiger partial charge in [-0.25, -0.2) is 0 Å². The van der Waals surface area contributed by atoms with Crippen molar-refractivity contribution in [2.75, 3.05) is 6.61 Å². The highest BCUT2D eigenvalue weighted by Crippen LogP contribution is 2.22. The fraction of sp³-hybridized carbons (Fsp3) is 1.00. The molecule has 0 spiro atoms. The summed E-state index contributed by atoms with van der Waals surface area (Å²) < 4.78 is 10.3. The Labute approximate surface area is 88.1 Å². The van der Waals surface area contributed by atoms with Crippen LogP contribution in [0.25, 0.3) is 0 Å². The predicted octanol–water partition coefficient (Wildman–Crippen LogP) is -1.79. The molecule has 0 aliphatic carbocycles. The lowest BCUT2D eigenvalue weighted by Crippen LogP contribution is -2.59. The molecule has 1 saturated heterocycles. The normalized spacial score (nSPS) is 42.2. The molecular formula is C9H18O6. The standard InChI is InChI=1S/C9H18O6/c1-4(2)14-9-8(13)7(12)6(11)5(3-10)15-9/h4-13H,3H2,1-2H3/t5-,6-,7+,8-,9?/m1/s1. The summed E-state index contributed by atoms with van der Waals surface area (Å²) in [6.45, 7) is 3.06. The maximum Gasteiger partial charge on any atom is 0.186 e. The van der Waals surface area contributed by atoms with Gasteiger partial charge in [0.15, 0.2) is 6.29 Å². The molecule has 6 heteroatoms. The number of aliphatic hydroxyl groups is 4. The van der Waals surface area contributed by atoms with E-state index >= 15 is 0 Å². The summed E-state index contributed by atoms with van der Waals surface area (Å²) in [5.74, 6) is 0. The van der Waals surface area contributed by atoms with Gasteiger partial charge in [-0.1, -0.05) is 0 Å². The summed E-state index contributed by atoms with van der Waals surface area (Å²) in [7, 11) is 0. The largest absolute Gasteiger partial charge is 0.394 e. The molecule has 6 nitrogen and oxygen atoms in total. The van der Waals surface area contributed by atoms with Crippen molar-refractivity contribution in [3.8, 4) is 0 Å². The highest BCUT2D eigenvalue weighted by Gasteiger charge is 2.44. The first-order chi connectivity index (χ1) is 6.97. The van der Waals surface area contributed by atoms with Crippen molar-refractivity contribution in [1.29, 1.82) is 0 Å². The number of ether oxygens (including phenoxy) is 2. The second-order valence-electron chi connectivity index (χ2n) is 3.88. The van der Waals surface area contributed by atoms with Crippen LogP contribution in [-0.4, -0.2) is 63.8 Å². The maximum atomic E-state index is 9.53. The van der Waals surface area contributed by atoms with Gasteiger partial charge in [0, 0.05) is 0 Å². The van der Waals surface area contributed by atoms with E-state index in [-0.39, 0.29) is 6.10 Å². The number of hydrogen-bond donors (Lipinski definition) is 4. The van der Waals surface area contributed by atoms with Crippen LogP contribution in [-0.2, 0) is 9.47 Å². The van der Waals surface area contributed by atoms with Gasteiger partial charge >= 0.3 is 0 Å². The van der Waals surface area contributed by atoms with Crippen LogP contribution in [0, 0.1) is 0 Å². The van der Waals surface area contributed by atoms with Crippen LogP contribution in [0.2, 0.25) is 0 Å². The first kappa shape index (κ1) is 12.8. The minimum absolute atomic E-state index is 0.188. The zero-order valence-corrected chi connectivity index (χ0v) is 8.78. The van der Waals surface area contributed by atoms with Crippen molar-refractivity contribution in [3.05, 3.63) is 0 Å². The Kier molecular flexibility index (Phi) is 4.45. The van der Waals surface area contributed by atoms with Gasteiger partial charge in [0.2, 0.25) is 0 Å². The third-order valence-corrected chi connectivity index (χ3v) is 2.25. The molecule has 0 aromatic rings. The summed E-state index contributed by atoms with van der Waals surface area (Å²) in [5.41, 5.74) is 0. The number of hydrogen-bond acceptors (Lipinski definition) is 6. The molecule has 4 N–H and O–H groups in total. The van der Waals surface area contributed by atoms with Gasteiger partial charge in [-0.3, -0.25) is 0 Å². The topological polar surface area (TPSA) is 99.4 Å². The van der Waals surface area contributed by atoms with Gasteiger partial charge in [0.05, 0.1) is 12.7 Å². The smallest absolute Gasteiger partial charge is 0.186 e. The molecule has 1 rings (SSSR count). The van der Waals surface area contributed by atoms with Crippen molar-refractivity contribution in [1.82, 2.24) is 0 Å². The van der Waals surface area contributed by atoms with E-state index in [9.17, 15) is 15.3 Å². The Hall–Kier alpha value is -0.240. The molecule has 1 heterocycles. The van der Waals surface area contributed by atoms with Gasteiger partial charge in [-0.15, -0.1) is 0 Å². The van der Waals surface area contributed by atoms with Gasteiger partial charge < -0.3 is 29.9 Å². The molecule has 0 radical (unpaired) electrons. The average molecular weight is 222 g/mol. The van der Waals surface area contributed by atoms with E-state index in [1.165, 1.54) is 0 Å². The molecule has 1 aliphatic heterocycles. The Morgan fingerprint density at radius 1 is 1.13 bits per heavy atom. The minimum atomic E-state index is -1.38. The Morgan fingerprint density at radius 3 is 2.20 bits per heavy atom. The lowest BCUT2D eigenvalue weighted by molar-refractivity contribution is -0.308. The zero-order chi connectivity index (χ0) is 11.6. The SMILES string of the molecule is CC(C)OC1O[C@H](CO)[C@@H](O)[C@H](O)[C@H]1O. The van der Waals surface area contributed by atoms with E-state index in [2.05, 4.69) is 0 Å². The summed E-state index contributed by atoms with van der Waals surface area (Å²) in [4.78, 5) is 0. The second kappa shape index (κ2) is 5.20. The summed E-state index contributed by atoms with van der Waals surface area (Å²) >= 11 is 0. The molecule has 1 fully saturated rings. The summed E-state index contributed by atoms with van der Waals surface area (Å²) in [5, 5.41) is 37.3. The van der Waals surface area contributed by atoms with E-state index in [0.29, 0.717) is 0 Å². The third kappa shape index (κ3) is 2.87. The number of aliphatic hydroxyl groups excluding tert-OH is 4. The van der Waals surface area contributed by atoms with Crippen LogP contribution in [0.1, 0.15) is 13.8 Å². The van der Waals surface area contributed by atoms with Gasteiger partial charge in [0.1, 0.15) is 24.4 Å². The van der Waals surface area contributed by atoms with Gasteiger partial charge in [-0.2, -0.15) is 0 Å². The number of rotatable bonds is 3. The lowest BCUT2D eigenvalue weighted by atomic mass is 9.99. The Balaban J connectivity index is 2.65. The average Bonchev–Trinajstić information content (AvgIpc) is 2.18. The van der Waals surface area contributed by atoms with Crippen LogP contribution in [0.15, 0.2) is 0 Å². The van der Waals surface area contributed by atoms with Crippen LogP contribution in [0.4, 0.5) is 0 Å². The van der Waals surface area contributed by atoms with Gasteiger partial charge in [0.25, 0.3) is 0 Å². The highest BCUT2D eigenvalue weighted by molar-refractivity contribution is 4.88. The predicted molar refractivity (Wildman–Crippen MR) is 50.0 cm³/mol. The van der Waals surface area contributed by atoms with Crippen LogP contribution in [0.3, 0.4) is 0 Å². The van der Waals surface area contributed by atoms with Crippen molar-refractivity contribution in [2.45, 2.75) is 50.7 Å². The minimum Gasteiger partial charge on any atom is -0.394 e. The van der Waals surface area contributed by atoms with Crippen LogP contribution >= 0.6 is 0 Å². The van der Waals surface area contributed by atoms with E-state index in [4.69, 9.17) is 14.6 Å². The first-order valence-electron chi connectivity index (χ1n) is 4.93. The maximum absolute atomic E-state index is 9.53. The van der Waals surface area contributed by atoms with E-state index in [1.807, 2.05) is 0 Å². The van der Waals surface area contributed by atoms with Crippen LogP contribution < -0.4 is 0 Å². The molecule has 0 aromatic heterocycles. The molecule has 0 bridgehead atoms. The summed E-state index contributed by atoms with van der Waals surface area (Å²) in [6, 6.07) is 0. The molecule has 0 aromatic carbocycles. The van der Waals surface area contributed by atoms with E-state index in [1.54, 1.807) is 13.8 Å². The highest BCUT2D eigenvalue weighted by atomic mass is 16.7. The van der Waals surface area contributed by atoms with Crippen molar-refractivity contribution >= 4 is 0 Å². The Bertz CT molecular complexity index is 195. The van der Waals surface area contributed by atoms with E-state index < -0.39 is 37.3 Å². The quantitative estimate of drug-likeness (QED) is 0.450. The second-order valence-corrected chi connectivity index (χ2v) is 3.88. The fourth-order valence-corrected chi connectivity index (χ4v) is 1.45. The van der Waals surface area contributed by atoms with Crippen molar-refractivity contribution in [3.63, 3.8) is 0 Å². The summed E-state index contributed by atoms with van der Waals surface area (Å²) in [6.07, 6.45) is -6.15. The Morgan fingerprint density at radius 2 is 1.73 bits per heavy atom. The molecule has 5 atom stereocenters. The van der Waals surface area contributed by atoms with E-state index in [0.717, 1.165) is 0 Å². The molecular weight excluding hydrogens is 204 g/mol. The zero-order valence-electron chi connectivity index (χ0n) is 8.78. The van der Waals surface area contributed by atoms with Crippen molar-refractivity contribution in [2.24, 2.45) is 0 Å². The molecule has 1 aliphatic rings. The van der Waals surface area contributed by atoms with Gasteiger partial charge in [-0.05, 0) is 13.8 Å². The lowest BCUT2D eigenvalue weighted by Gasteiger charge is -2.40. The molecule has 1 unspecified atom stereocenters. The molecule has 0 saturated carbocycles.